The number of azo groups is 1. The normalized spacial score (nSPS) is 11.4. The highest BCUT2D eigenvalue weighted by Crippen LogP contribution is 2.35. The quantitative estimate of drug-likeness (QED) is 0.386. The van der Waals surface area contributed by atoms with Crippen molar-refractivity contribution < 1.29 is 14.3 Å². The number of H-pyrrole nitrogens is 1. The van der Waals surface area contributed by atoms with Gasteiger partial charge in [0.1, 0.15) is 5.82 Å². The van der Waals surface area contributed by atoms with Gasteiger partial charge in [0.05, 0.1) is 11.2 Å². The molecule has 2 aromatic heterocycles. The first-order valence-corrected chi connectivity index (χ1v) is 9.64. The van der Waals surface area contributed by atoms with Crippen LogP contribution in [0.5, 0.6) is 5.88 Å². The molecule has 0 saturated heterocycles. The molecule has 32 heavy (non-hydrogen) atoms. The summed E-state index contributed by atoms with van der Waals surface area (Å²) < 4.78 is 15.2. The van der Waals surface area contributed by atoms with Crippen LogP contribution in [0.1, 0.15) is 10.6 Å². The van der Waals surface area contributed by atoms with Crippen LogP contribution in [0.15, 0.2) is 89.1 Å². The molecule has 0 unspecified atom stereocenters. The Balaban J connectivity index is 1.54. The number of aromatic nitrogens is 4. The van der Waals surface area contributed by atoms with E-state index in [1.807, 2.05) is 60.7 Å². The number of benzene rings is 3. The van der Waals surface area contributed by atoms with E-state index >= 15 is 0 Å². The highest BCUT2D eigenvalue weighted by molar-refractivity contribution is 5.95. The van der Waals surface area contributed by atoms with Gasteiger partial charge in [-0.05, 0) is 30.3 Å². The molecule has 9 heteroatoms. The number of aromatic amines is 1. The molecule has 0 saturated carbocycles. The average Bonchev–Trinajstić information content (AvgIpc) is 3.40. The maximum absolute atomic E-state index is 13.6. The number of carbonyl (C=O) groups is 1. The minimum atomic E-state index is -0.804. The smallest absolute Gasteiger partial charge is 0.335 e. The summed E-state index contributed by atoms with van der Waals surface area (Å²) in [4.78, 5) is 19.8. The van der Waals surface area contributed by atoms with E-state index in [-0.39, 0.29) is 17.4 Å². The number of rotatable bonds is 4. The molecule has 0 aliphatic heterocycles. The molecule has 5 rings (SSSR count). The van der Waals surface area contributed by atoms with Gasteiger partial charge in [-0.3, -0.25) is 4.79 Å². The second-order valence-corrected chi connectivity index (χ2v) is 6.89. The fourth-order valence-electron chi connectivity index (χ4n) is 3.30. The van der Waals surface area contributed by atoms with Gasteiger partial charge in [-0.25, -0.2) is 14.1 Å². The molecule has 5 aromatic rings. The largest absolute Gasteiger partial charge is 0.493 e. The molecule has 0 spiro atoms. The lowest BCUT2D eigenvalue weighted by molar-refractivity contribution is 0.0985. The highest BCUT2D eigenvalue weighted by atomic mass is 19.1. The van der Waals surface area contributed by atoms with Gasteiger partial charge in [0.15, 0.2) is 11.5 Å². The predicted molar refractivity (Wildman–Crippen MR) is 116 cm³/mol. The Labute approximate surface area is 180 Å². The third kappa shape index (κ3) is 3.52. The van der Waals surface area contributed by atoms with Gasteiger partial charge < -0.3 is 10.1 Å². The molecule has 0 fully saturated rings. The molecule has 0 atom stereocenters. The standard InChI is InChI=1S/C23H15FN6O2/c24-15-11-12-18-17(13-15)19(22(31)25-18)27-28-23(32)20-26-21(14-7-3-1-4-8-14)30(29-20)16-9-5-2-6-10-16/h1-13,25,31H. The van der Waals surface area contributed by atoms with Crippen molar-refractivity contribution in [2.24, 2.45) is 10.2 Å². The summed E-state index contributed by atoms with van der Waals surface area (Å²) in [6.07, 6.45) is 0. The molecular formula is C23H15FN6O2. The zero-order valence-corrected chi connectivity index (χ0v) is 16.5. The molecule has 2 N–H and O–H groups in total. The third-order valence-electron chi connectivity index (χ3n) is 4.79. The molecule has 0 aliphatic carbocycles. The zero-order valence-electron chi connectivity index (χ0n) is 16.5. The van der Waals surface area contributed by atoms with E-state index in [2.05, 4.69) is 25.3 Å². The van der Waals surface area contributed by atoms with Gasteiger partial charge >= 0.3 is 5.91 Å². The molecule has 0 aliphatic rings. The summed E-state index contributed by atoms with van der Waals surface area (Å²) >= 11 is 0. The number of aromatic hydroxyl groups is 1. The van der Waals surface area contributed by atoms with Gasteiger partial charge in [-0.15, -0.1) is 15.3 Å². The lowest BCUT2D eigenvalue weighted by atomic mass is 10.2. The van der Waals surface area contributed by atoms with E-state index in [9.17, 15) is 14.3 Å². The number of nitrogens with zero attached hydrogens (tertiary/aromatic N) is 5. The van der Waals surface area contributed by atoms with Gasteiger partial charge in [0.2, 0.25) is 11.7 Å². The zero-order chi connectivity index (χ0) is 22.1. The van der Waals surface area contributed by atoms with Crippen LogP contribution in [0.3, 0.4) is 0 Å². The van der Waals surface area contributed by atoms with Crippen molar-refractivity contribution >= 4 is 22.5 Å². The van der Waals surface area contributed by atoms with E-state index in [4.69, 9.17) is 0 Å². The van der Waals surface area contributed by atoms with Crippen molar-refractivity contribution in [3.8, 4) is 23.0 Å². The fraction of sp³-hybridized carbons (Fsp3) is 0. The van der Waals surface area contributed by atoms with Crippen LogP contribution in [-0.4, -0.2) is 30.8 Å². The topological polar surface area (TPSA) is 109 Å². The summed E-state index contributed by atoms with van der Waals surface area (Å²) in [7, 11) is 0. The minimum absolute atomic E-state index is 0.0429. The maximum atomic E-state index is 13.6. The van der Waals surface area contributed by atoms with Crippen molar-refractivity contribution in [1.29, 1.82) is 0 Å². The van der Waals surface area contributed by atoms with Crippen LogP contribution < -0.4 is 0 Å². The van der Waals surface area contributed by atoms with Crippen LogP contribution in [0.2, 0.25) is 0 Å². The first kappa shape index (κ1) is 19.3. The second-order valence-electron chi connectivity index (χ2n) is 6.89. The average molecular weight is 426 g/mol. The second kappa shape index (κ2) is 7.88. The van der Waals surface area contributed by atoms with Gasteiger partial charge in [0.25, 0.3) is 0 Å². The van der Waals surface area contributed by atoms with Gasteiger partial charge in [0, 0.05) is 10.9 Å². The van der Waals surface area contributed by atoms with E-state index in [1.54, 1.807) is 4.68 Å². The van der Waals surface area contributed by atoms with Crippen LogP contribution in [0.4, 0.5) is 10.1 Å². The SMILES string of the molecule is O=C(N=Nc1c(O)[nH]c2ccc(F)cc12)c1nc(-c2ccccc2)n(-c2ccccc2)n1. The summed E-state index contributed by atoms with van der Waals surface area (Å²) in [6, 6.07) is 22.5. The maximum Gasteiger partial charge on any atom is 0.335 e. The monoisotopic (exact) mass is 426 g/mol. The summed E-state index contributed by atoms with van der Waals surface area (Å²) in [6.45, 7) is 0. The van der Waals surface area contributed by atoms with Crippen LogP contribution >= 0.6 is 0 Å². The van der Waals surface area contributed by atoms with Crippen LogP contribution in [-0.2, 0) is 0 Å². The number of amides is 1. The van der Waals surface area contributed by atoms with E-state index in [0.29, 0.717) is 16.7 Å². The molecule has 8 nitrogen and oxygen atoms in total. The summed E-state index contributed by atoms with van der Waals surface area (Å²) in [5.41, 5.74) is 1.91. The molecule has 3 aromatic carbocycles. The Morgan fingerprint density at radius 2 is 1.72 bits per heavy atom. The van der Waals surface area contributed by atoms with E-state index < -0.39 is 11.7 Å². The van der Waals surface area contributed by atoms with Crippen molar-refractivity contribution in [1.82, 2.24) is 19.7 Å². The summed E-state index contributed by atoms with van der Waals surface area (Å²) in [5, 5.41) is 22.2. The van der Waals surface area contributed by atoms with Gasteiger partial charge in [-0.1, -0.05) is 48.5 Å². The highest BCUT2D eigenvalue weighted by Gasteiger charge is 2.19. The number of hydrogen-bond donors (Lipinski definition) is 2. The van der Waals surface area contributed by atoms with Crippen LogP contribution in [0, 0.1) is 5.82 Å². The molecule has 2 heterocycles. The predicted octanol–water partition coefficient (Wildman–Crippen LogP) is 5.18. The first-order chi connectivity index (χ1) is 15.6. The number of carbonyl (C=O) groups excluding carboxylic acids is 1. The lowest BCUT2D eigenvalue weighted by Gasteiger charge is -2.05. The Kier molecular flexibility index (Phi) is 4.75. The number of fused-ring (bicyclic) bond motifs is 1. The van der Waals surface area contributed by atoms with Crippen molar-refractivity contribution in [3.05, 3.63) is 90.5 Å². The molecule has 1 amide bonds. The first-order valence-electron chi connectivity index (χ1n) is 9.64. The molecular weight excluding hydrogens is 411 g/mol. The van der Waals surface area contributed by atoms with Crippen LogP contribution in [0.25, 0.3) is 28.0 Å². The number of hydrogen-bond acceptors (Lipinski definition) is 5. The Morgan fingerprint density at radius 3 is 2.47 bits per heavy atom. The third-order valence-corrected chi connectivity index (χ3v) is 4.79. The molecule has 156 valence electrons. The fourth-order valence-corrected chi connectivity index (χ4v) is 3.30. The minimum Gasteiger partial charge on any atom is -0.493 e. The van der Waals surface area contributed by atoms with Gasteiger partial charge in [-0.2, -0.15) is 0 Å². The Bertz CT molecular complexity index is 1400. The van der Waals surface area contributed by atoms with E-state index in [1.165, 1.54) is 18.2 Å². The van der Waals surface area contributed by atoms with Crippen molar-refractivity contribution in [2.75, 3.05) is 0 Å². The van der Waals surface area contributed by atoms with Crippen molar-refractivity contribution in [3.63, 3.8) is 0 Å². The Hall–Kier alpha value is -4.66. The molecule has 0 radical (unpaired) electrons. The Morgan fingerprint density at radius 1 is 1.00 bits per heavy atom. The summed E-state index contributed by atoms with van der Waals surface area (Å²) in [5.74, 6) is -1.33. The van der Waals surface area contributed by atoms with E-state index in [0.717, 1.165) is 11.3 Å². The number of para-hydroxylation sites is 1. The number of nitrogens with one attached hydrogen (secondary N) is 1. The molecule has 0 bridgehead atoms. The number of halogens is 1. The van der Waals surface area contributed by atoms with Crippen molar-refractivity contribution in [2.45, 2.75) is 0 Å². The lowest BCUT2D eigenvalue weighted by Crippen LogP contribution is -2.01.